The van der Waals surface area contributed by atoms with E-state index in [-0.39, 0.29) is 0 Å². The Bertz CT molecular complexity index is 711. The summed E-state index contributed by atoms with van der Waals surface area (Å²) in [7, 11) is 0. The molecular weight excluding hydrogens is 425 g/mol. The molecule has 0 spiro atoms. The van der Waals surface area contributed by atoms with Crippen molar-refractivity contribution in [1.29, 1.82) is 0 Å². The molecule has 0 N–H and O–H groups in total. The molecule has 5 nitrogen and oxygen atoms in total. The molecule has 0 aromatic carbocycles. The number of hydrogen-bond donors (Lipinski definition) is 0. The molecule has 0 radical (unpaired) electrons. The number of hydrogen-bond acceptors (Lipinski definition) is 5. The lowest BCUT2D eigenvalue weighted by molar-refractivity contribution is 0.0522. The number of carbonyl (C=O) groups is 1. The fraction of sp³-hybridized carbons (Fsp3) is 0.625. The van der Waals surface area contributed by atoms with Gasteiger partial charge in [-0.3, -0.25) is 4.90 Å². The number of fused-ring (bicyclic) bond motifs is 1. The lowest BCUT2D eigenvalue weighted by Crippen LogP contribution is -2.28. The zero-order chi connectivity index (χ0) is 16.6. The van der Waals surface area contributed by atoms with Crippen molar-refractivity contribution in [2.24, 2.45) is 0 Å². The monoisotopic (exact) mass is 447 g/mol. The molecule has 3 heterocycles. The number of rotatable bonds is 2. The first kappa shape index (κ1) is 17.2. The minimum absolute atomic E-state index is 0.410. The summed E-state index contributed by atoms with van der Waals surface area (Å²) < 4.78 is 8.79. The second kappa shape index (κ2) is 6.68. The van der Waals surface area contributed by atoms with Crippen LogP contribution in [0.15, 0.2) is 6.07 Å². The van der Waals surface area contributed by atoms with Gasteiger partial charge in [0.05, 0.1) is 10.2 Å². The maximum absolute atomic E-state index is 12.4. The van der Waals surface area contributed by atoms with Crippen molar-refractivity contribution < 1.29 is 9.53 Å². The largest absolute Gasteiger partial charge is 0.442 e. The molecule has 3 rings (SSSR count). The maximum atomic E-state index is 12.4. The predicted molar refractivity (Wildman–Crippen MR) is 101 cm³/mol. The van der Waals surface area contributed by atoms with Crippen LogP contribution < -0.4 is 0 Å². The predicted octanol–water partition coefficient (Wildman–Crippen LogP) is 4.47. The molecule has 0 saturated carbocycles. The Kier molecular flexibility index (Phi) is 4.98. The quantitative estimate of drug-likeness (QED) is 0.638. The lowest BCUT2D eigenvalue weighted by atomic mass is 10.1. The molecule has 126 valence electrons. The van der Waals surface area contributed by atoms with Gasteiger partial charge in [-0.1, -0.05) is 6.42 Å². The second-order valence-electron chi connectivity index (χ2n) is 6.95. The van der Waals surface area contributed by atoms with Crippen LogP contribution in [-0.4, -0.2) is 39.5 Å². The maximum Gasteiger partial charge on any atom is 0.435 e. The molecular formula is C16H22IN3O2S. The van der Waals surface area contributed by atoms with E-state index in [1.807, 2.05) is 20.8 Å². The van der Waals surface area contributed by atoms with E-state index in [2.05, 4.69) is 38.7 Å². The highest BCUT2D eigenvalue weighted by Crippen LogP contribution is 2.31. The van der Waals surface area contributed by atoms with Crippen molar-refractivity contribution >= 4 is 50.2 Å². The van der Waals surface area contributed by atoms with Gasteiger partial charge in [0, 0.05) is 11.4 Å². The van der Waals surface area contributed by atoms with Gasteiger partial charge in [0.1, 0.15) is 9.30 Å². The SMILES string of the molecule is CC(C)(C)OC(=O)n1nc(I)c2sc(CN3CCCCC3)cc21. The third-order valence-corrected chi connectivity index (χ3v) is 6.00. The fourth-order valence-electron chi connectivity index (χ4n) is 2.78. The number of carbonyl (C=O) groups excluding carboxylic acids is 1. The molecule has 1 aliphatic heterocycles. The summed E-state index contributed by atoms with van der Waals surface area (Å²) >= 11 is 3.92. The van der Waals surface area contributed by atoms with E-state index < -0.39 is 11.7 Å². The van der Waals surface area contributed by atoms with Gasteiger partial charge in [0.15, 0.2) is 0 Å². The molecule has 0 amide bonds. The summed E-state index contributed by atoms with van der Waals surface area (Å²) in [5.74, 6) is 0. The van der Waals surface area contributed by atoms with E-state index in [9.17, 15) is 4.79 Å². The highest BCUT2D eigenvalue weighted by molar-refractivity contribution is 14.1. The Balaban J connectivity index is 1.84. The van der Waals surface area contributed by atoms with Crippen LogP contribution in [0.25, 0.3) is 10.2 Å². The van der Waals surface area contributed by atoms with Gasteiger partial charge in [0.25, 0.3) is 0 Å². The van der Waals surface area contributed by atoms with E-state index >= 15 is 0 Å². The van der Waals surface area contributed by atoms with E-state index in [1.165, 1.54) is 41.9 Å². The molecule has 23 heavy (non-hydrogen) atoms. The zero-order valence-corrected chi connectivity index (χ0v) is 16.7. The molecule has 0 unspecified atom stereocenters. The molecule has 1 fully saturated rings. The summed E-state index contributed by atoms with van der Waals surface area (Å²) in [6, 6.07) is 2.09. The molecule has 2 aromatic rings. The van der Waals surface area contributed by atoms with E-state index in [1.54, 1.807) is 11.3 Å². The normalized spacial score (nSPS) is 16.9. The Morgan fingerprint density at radius 1 is 1.35 bits per heavy atom. The van der Waals surface area contributed by atoms with Gasteiger partial charge >= 0.3 is 6.09 Å². The molecule has 7 heteroatoms. The average molecular weight is 447 g/mol. The first-order valence-corrected chi connectivity index (χ1v) is 9.86. The standard InChI is InChI=1S/C16H22IN3O2S/c1-16(2,3)22-15(21)20-12-9-11(23-13(12)14(17)18-20)10-19-7-5-4-6-8-19/h9H,4-8,10H2,1-3H3. The minimum atomic E-state index is -0.520. The summed E-state index contributed by atoms with van der Waals surface area (Å²) in [4.78, 5) is 16.1. The van der Waals surface area contributed by atoms with Crippen LogP contribution in [0.4, 0.5) is 4.79 Å². The number of piperidine rings is 1. The van der Waals surface area contributed by atoms with Crippen LogP contribution in [0, 0.1) is 3.70 Å². The Labute approximate surface area is 154 Å². The van der Waals surface area contributed by atoms with Crippen LogP contribution >= 0.6 is 33.9 Å². The summed E-state index contributed by atoms with van der Waals surface area (Å²) in [6.07, 6.45) is 3.50. The minimum Gasteiger partial charge on any atom is -0.442 e. The van der Waals surface area contributed by atoms with Crippen molar-refractivity contribution in [2.45, 2.75) is 52.2 Å². The Morgan fingerprint density at radius 3 is 2.70 bits per heavy atom. The van der Waals surface area contributed by atoms with Gasteiger partial charge in [0.2, 0.25) is 0 Å². The van der Waals surface area contributed by atoms with E-state index in [0.29, 0.717) is 0 Å². The van der Waals surface area contributed by atoms with Gasteiger partial charge in [-0.2, -0.15) is 9.78 Å². The van der Waals surface area contributed by atoms with E-state index in [4.69, 9.17) is 4.74 Å². The van der Waals surface area contributed by atoms with Gasteiger partial charge in [-0.25, -0.2) is 4.79 Å². The molecule has 0 bridgehead atoms. The van der Waals surface area contributed by atoms with Crippen LogP contribution in [0.2, 0.25) is 0 Å². The first-order valence-electron chi connectivity index (χ1n) is 7.96. The summed E-state index contributed by atoms with van der Waals surface area (Å²) in [5.41, 5.74) is 0.341. The highest BCUT2D eigenvalue weighted by atomic mass is 127. The number of halogens is 1. The van der Waals surface area contributed by atoms with Crippen LogP contribution in [0.5, 0.6) is 0 Å². The van der Waals surface area contributed by atoms with Crippen LogP contribution in [0.3, 0.4) is 0 Å². The molecule has 0 aliphatic carbocycles. The first-order chi connectivity index (χ1) is 10.8. The molecule has 0 atom stereocenters. The molecule has 2 aromatic heterocycles. The van der Waals surface area contributed by atoms with Gasteiger partial charge < -0.3 is 4.74 Å². The molecule has 1 saturated heterocycles. The summed E-state index contributed by atoms with van der Waals surface area (Å²) in [5, 5.41) is 4.35. The lowest BCUT2D eigenvalue weighted by Gasteiger charge is -2.25. The van der Waals surface area contributed by atoms with Crippen molar-refractivity contribution in [3.05, 3.63) is 14.6 Å². The number of aromatic nitrogens is 2. The topological polar surface area (TPSA) is 47.4 Å². The van der Waals surface area contributed by atoms with Crippen LogP contribution in [-0.2, 0) is 11.3 Å². The number of nitrogens with zero attached hydrogens (tertiary/aromatic N) is 3. The third kappa shape index (κ3) is 4.06. The molecule has 1 aliphatic rings. The highest BCUT2D eigenvalue weighted by Gasteiger charge is 2.23. The number of likely N-dealkylation sites (tertiary alicyclic amines) is 1. The number of thiophene rings is 1. The van der Waals surface area contributed by atoms with Gasteiger partial charge in [-0.05, 0) is 75.4 Å². The van der Waals surface area contributed by atoms with E-state index in [0.717, 1.165) is 20.5 Å². The Morgan fingerprint density at radius 2 is 2.04 bits per heavy atom. The zero-order valence-electron chi connectivity index (χ0n) is 13.8. The van der Waals surface area contributed by atoms with Crippen LogP contribution in [0.1, 0.15) is 44.9 Å². The average Bonchev–Trinajstić information content (AvgIpc) is 2.99. The van der Waals surface area contributed by atoms with Crippen molar-refractivity contribution in [3.63, 3.8) is 0 Å². The Hall–Kier alpha value is -0.670. The summed E-state index contributed by atoms with van der Waals surface area (Å²) in [6.45, 7) is 8.90. The van der Waals surface area contributed by atoms with Crippen molar-refractivity contribution in [3.8, 4) is 0 Å². The number of ether oxygens (including phenoxy) is 1. The van der Waals surface area contributed by atoms with Gasteiger partial charge in [-0.15, -0.1) is 11.3 Å². The van der Waals surface area contributed by atoms with Crippen molar-refractivity contribution in [1.82, 2.24) is 14.7 Å². The smallest absolute Gasteiger partial charge is 0.435 e. The third-order valence-electron chi connectivity index (χ3n) is 3.76. The van der Waals surface area contributed by atoms with Crippen molar-refractivity contribution in [2.75, 3.05) is 13.1 Å². The fourth-order valence-corrected chi connectivity index (χ4v) is 4.66. The second-order valence-corrected chi connectivity index (χ2v) is 9.11.